The second-order valence-electron chi connectivity index (χ2n) is 3.50. The number of aromatic amines is 1. The molecule has 5 nitrogen and oxygen atoms in total. The molecule has 2 heterocycles. The van der Waals surface area contributed by atoms with Crippen LogP contribution in [0, 0.1) is 10.6 Å². The number of fused-ring (bicyclic) bond motifs is 1. The van der Waals surface area contributed by atoms with Crippen LogP contribution in [-0.2, 0) is 6.54 Å². The zero-order chi connectivity index (χ0) is 11.8. The lowest BCUT2D eigenvalue weighted by Crippen LogP contribution is -2.01. The van der Waals surface area contributed by atoms with Gasteiger partial charge in [0.05, 0.1) is 12.1 Å². The summed E-state index contributed by atoms with van der Waals surface area (Å²) in [5.74, 6) is 0.159. The van der Waals surface area contributed by atoms with E-state index in [1.807, 2.05) is 0 Å². The molecule has 1 aromatic carbocycles. The van der Waals surface area contributed by atoms with Gasteiger partial charge in [0.25, 0.3) is 0 Å². The summed E-state index contributed by atoms with van der Waals surface area (Å²) in [6.07, 6.45) is 1.24. The molecule has 2 aromatic heterocycles. The lowest BCUT2D eigenvalue weighted by atomic mass is 10.3. The number of para-hydroxylation sites is 1. The van der Waals surface area contributed by atoms with Crippen LogP contribution in [0.5, 0.6) is 0 Å². The van der Waals surface area contributed by atoms with Crippen LogP contribution < -0.4 is 0 Å². The predicted octanol–water partition coefficient (Wildman–Crippen LogP) is 2.27. The Morgan fingerprint density at radius 2 is 2.35 bits per heavy atom. The minimum absolute atomic E-state index is 0.333. The van der Waals surface area contributed by atoms with Crippen LogP contribution >= 0.6 is 12.2 Å². The summed E-state index contributed by atoms with van der Waals surface area (Å²) >= 11 is 5.14. The molecule has 0 saturated heterocycles. The number of rotatable bonds is 2. The van der Waals surface area contributed by atoms with Gasteiger partial charge in [-0.1, -0.05) is 11.2 Å². The van der Waals surface area contributed by atoms with Gasteiger partial charge in [-0.05, 0) is 24.4 Å². The van der Waals surface area contributed by atoms with E-state index in [4.69, 9.17) is 12.2 Å². The largest absolute Gasteiger partial charge is 0.343 e. The molecule has 3 aromatic rings. The van der Waals surface area contributed by atoms with Gasteiger partial charge in [-0.25, -0.2) is 4.39 Å². The zero-order valence-electron chi connectivity index (χ0n) is 8.55. The van der Waals surface area contributed by atoms with Crippen LogP contribution in [0.1, 0.15) is 5.82 Å². The average Bonchev–Trinajstić information content (AvgIpc) is 2.91. The van der Waals surface area contributed by atoms with Gasteiger partial charge in [0.1, 0.15) is 11.3 Å². The van der Waals surface area contributed by atoms with E-state index < -0.39 is 0 Å². The molecule has 1 N–H and O–H groups in total. The third-order valence-electron chi connectivity index (χ3n) is 2.47. The van der Waals surface area contributed by atoms with Gasteiger partial charge in [0, 0.05) is 0 Å². The Balaban J connectivity index is 2.19. The summed E-state index contributed by atoms with van der Waals surface area (Å²) in [7, 11) is 0. The fourth-order valence-corrected chi connectivity index (χ4v) is 1.97. The quantitative estimate of drug-likeness (QED) is 0.709. The molecular weight excluding hydrogens is 243 g/mol. The van der Waals surface area contributed by atoms with Gasteiger partial charge in [0.15, 0.2) is 10.6 Å². The Morgan fingerprint density at radius 1 is 1.47 bits per heavy atom. The third-order valence-corrected chi connectivity index (χ3v) is 2.79. The number of nitrogens with zero attached hydrogens (tertiary/aromatic N) is 3. The Labute approximate surface area is 99.9 Å². The fourth-order valence-electron chi connectivity index (χ4n) is 1.71. The number of aromatic nitrogens is 4. The van der Waals surface area contributed by atoms with E-state index in [2.05, 4.69) is 19.6 Å². The standard InChI is InChI=1S/C10H7FN4OS/c11-6-2-1-3-7-9(6)13-10(17)15(7)4-8-12-5-16-14-8/h1-3,5H,4H2,(H,13,17). The van der Waals surface area contributed by atoms with Crippen molar-refractivity contribution >= 4 is 23.3 Å². The molecule has 7 heteroatoms. The van der Waals surface area contributed by atoms with Crippen molar-refractivity contribution in [2.75, 3.05) is 0 Å². The van der Waals surface area contributed by atoms with E-state index in [9.17, 15) is 4.39 Å². The molecule has 0 saturated carbocycles. The van der Waals surface area contributed by atoms with E-state index >= 15 is 0 Å². The first-order chi connectivity index (χ1) is 8.25. The first-order valence-corrected chi connectivity index (χ1v) is 5.29. The highest BCUT2D eigenvalue weighted by Crippen LogP contribution is 2.17. The number of benzene rings is 1. The first-order valence-electron chi connectivity index (χ1n) is 4.88. The number of H-pyrrole nitrogens is 1. The van der Waals surface area contributed by atoms with Crippen LogP contribution in [0.2, 0.25) is 0 Å². The summed E-state index contributed by atoms with van der Waals surface area (Å²) in [6.45, 7) is 0.346. The van der Waals surface area contributed by atoms with Crippen molar-refractivity contribution < 1.29 is 8.91 Å². The normalized spacial score (nSPS) is 11.1. The lowest BCUT2D eigenvalue weighted by Gasteiger charge is -1.99. The molecule has 0 aliphatic rings. The topological polar surface area (TPSA) is 59.6 Å². The maximum atomic E-state index is 13.5. The maximum Gasteiger partial charge on any atom is 0.213 e. The van der Waals surface area contributed by atoms with Crippen LogP contribution in [0.4, 0.5) is 4.39 Å². The van der Waals surface area contributed by atoms with Gasteiger partial charge in [-0.2, -0.15) is 4.98 Å². The minimum Gasteiger partial charge on any atom is -0.343 e. The fraction of sp³-hybridized carbons (Fsp3) is 0.100. The highest BCUT2D eigenvalue weighted by Gasteiger charge is 2.09. The molecule has 0 atom stereocenters. The number of hydrogen-bond acceptors (Lipinski definition) is 4. The van der Waals surface area contributed by atoms with Crippen LogP contribution in [0.3, 0.4) is 0 Å². The Kier molecular flexibility index (Phi) is 2.25. The third kappa shape index (κ3) is 1.64. The van der Waals surface area contributed by atoms with Crippen molar-refractivity contribution in [1.82, 2.24) is 19.7 Å². The highest BCUT2D eigenvalue weighted by molar-refractivity contribution is 7.71. The van der Waals surface area contributed by atoms with Crippen LogP contribution in [0.25, 0.3) is 11.0 Å². The van der Waals surface area contributed by atoms with E-state index in [1.165, 1.54) is 12.5 Å². The number of imidazole rings is 1. The predicted molar refractivity (Wildman–Crippen MR) is 60.5 cm³/mol. The summed E-state index contributed by atoms with van der Waals surface area (Å²) in [5, 5.41) is 3.70. The number of halogens is 1. The smallest absolute Gasteiger partial charge is 0.213 e. The van der Waals surface area contributed by atoms with Gasteiger partial charge in [-0.15, -0.1) is 0 Å². The van der Waals surface area contributed by atoms with Crippen molar-refractivity contribution in [3.05, 3.63) is 41.0 Å². The Bertz CT molecular complexity index is 716. The van der Waals surface area contributed by atoms with E-state index in [0.29, 0.717) is 28.2 Å². The van der Waals surface area contributed by atoms with Gasteiger partial charge < -0.3 is 14.1 Å². The molecule has 0 aliphatic carbocycles. The average molecular weight is 250 g/mol. The summed E-state index contributed by atoms with van der Waals surface area (Å²) in [4.78, 5) is 6.73. The molecule has 0 unspecified atom stereocenters. The molecule has 0 fully saturated rings. The van der Waals surface area contributed by atoms with Crippen LogP contribution in [0.15, 0.2) is 29.1 Å². The molecule has 0 spiro atoms. The maximum absolute atomic E-state index is 13.5. The monoisotopic (exact) mass is 250 g/mol. The van der Waals surface area contributed by atoms with Gasteiger partial charge in [0.2, 0.25) is 6.39 Å². The molecule has 0 aliphatic heterocycles. The minimum atomic E-state index is -0.333. The SMILES string of the molecule is Fc1cccc2c1[nH]c(=S)n2Cc1ncon1. The van der Waals surface area contributed by atoms with Crippen molar-refractivity contribution in [3.8, 4) is 0 Å². The van der Waals surface area contributed by atoms with Gasteiger partial charge >= 0.3 is 0 Å². The highest BCUT2D eigenvalue weighted by atomic mass is 32.1. The van der Waals surface area contributed by atoms with E-state index in [0.717, 1.165) is 0 Å². The summed E-state index contributed by atoms with van der Waals surface area (Å²) in [5.41, 5.74) is 1.07. The molecule has 0 radical (unpaired) electrons. The molecule has 0 bridgehead atoms. The molecular formula is C10H7FN4OS. The van der Waals surface area contributed by atoms with E-state index in [-0.39, 0.29) is 5.82 Å². The van der Waals surface area contributed by atoms with Crippen molar-refractivity contribution in [1.29, 1.82) is 0 Å². The van der Waals surface area contributed by atoms with Gasteiger partial charge in [-0.3, -0.25) is 0 Å². The van der Waals surface area contributed by atoms with E-state index in [1.54, 1.807) is 16.7 Å². The Morgan fingerprint density at radius 3 is 3.12 bits per heavy atom. The molecule has 3 rings (SSSR count). The van der Waals surface area contributed by atoms with Crippen LogP contribution in [-0.4, -0.2) is 19.7 Å². The lowest BCUT2D eigenvalue weighted by molar-refractivity contribution is 0.408. The zero-order valence-corrected chi connectivity index (χ0v) is 9.37. The second-order valence-corrected chi connectivity index (χ2v) is 3.88. The Hall–Kier alpha value is -2.02. The molecule has 17 heavy (non-hydrogen) atoms. The number of hydrogen-bond donors (Lipinski definition) is 1. The summed E-state index contributed by atoms with van der Waals surface area (Å²) in [6, 6.07) is 4.80. The van der Waals surface area contributed by atoms with Crippen molar-refractivity contribution in [3.63, 3.8) is 0 Å². The summed E-state index contributed by atoms with van der Waals surface area (Å²) < 4.78 is 20.3. The first kappa shape index (κ1) is 10.2. The second kappa shape index (κ2) is 3.77. The van der Waals surface area contributed by atoms with Crippen molar-refractivity contribution in [2.45, 2.75) is 6.54 Å². The molecule has 86 valence electrons. The van der Waals surface area contributed by atoms with Crippen molar-refractivity contribution in [2.24, 2.45) is 0 Å². The molecule has 0 amide bonds. The number of nitrogens with one attached hydrogen (secondary N) is 1.